The predicted molar refractivity (Wildman–Crippen MR) is 52.6 cm³/mol. The molecule has 1 amide bonds. The summed E-state index contributed by atoms with van der Waals surface area (Å²) < 4.78 is 0. The zero-order valence-electron chi connectivity index (χ0n) is 7.86. The maximum atomic E-state index is 11.7. The highest BCUT2D eigenvalue weighted by Gasteiger charge is 2.50. The molecule has 0 aromatic heterocycles. The van der Waals surface area contributed by atoms with E-state index in [0.717, 1.165) is 18.4 Å². The van der Waals surface area contributed by atoms with Gasteiger partial charge in [0.05, 0.1) is 0 Å². The first kappa shape index (κ1) is 8.00. The minimum atomic E-state index is -0.0434. The van der Waals surface area contributed by atoms with Crippen LogP contribution in [0.4, 0.5) is 0 Å². The highest BCUT2D eigenvalue weighted by molar-refractivity contribution is 5.97. The van der Waals surface area contributed by atoms with Gasteiger partial charge in [0, 0.05) is 17.5 Å². The lowest BCUT2D eigenvalue weighted by molar-refractivity contribution is 0.0713. The average molecular weight is 188 g/mol. The van der Waals surface area contributed by atoms with Crippen molar-refractivity contribution in [2.24, 2.45) is 5.84 Å². The minimum absolute atomic E-state index is 0.0434. The largest absolute Gasteiger partial charge is 0.276 e. The van der Waals surface area contributed by atoms with E-state index in [1.165, 1.54) is 10.6 Å². The Labute approximate surface area is 82.5 Å². The van der Waals surface area contributed by atoms with E-state index in [1.807, 2.05) is 18.2 Å². The third kappa shape index (κ3) is 0.876. The normalized spacial score (nSPS) is 22.4. The van der Waals surface area contributed by atoms with E-state index >= 15 is 0 Å². The van der Waals surface area contributed by atoms with Crippen LogP contribution in [0.3, 0.4) is 0 Å². The summed E-state index contributed by atoms with van der Waals surface area (Å²) in [5.41, 5.74) is 2.18. The number of hydrogen-bond donors (Lipinski definition) is 1. The van der Waals surface area contributed by atoms with Crippen LogP contribution >= 0.6 is 0 Å². The molecule has 0 bridgehead atoms. The van der Waals surface area contributed by atoms with Gasteiger partial charge in [-0.15, -0.1) is 0 Å². The van der Waals surface area contributed by atoms with Gasteiger partial charge in [-0.2, -0.15) is 0 Å². The Hall–Kier alpha value is -1.35. The second-order valence-electron chi connectivity index (χ2n) is 4.26. The van der Waals surface area contributed by atoms with Gasteiger partial charge in [-0.05, 0) is 24.5 Å². The molecule has 1 aromatic carbocycles. The molecule has 0 radical (unpaired) electrons. The molecular weight excluding hydrogens is 176 g/mol. The van der Waals surface area contributed by atoms with Crippen molar-refractivity contribution in [2.75, 3.05) is 6.54 Å². The molecular formula is C11H12N2O. The third-order valence-corrected chi connectivity index (χ3v) is 3.32. The van der Waals surface area contributed by atoms with Crippen molar-refractivity contribution < 1.29 is 4.79 Å². The summed E-state index contributed by atoms with van der Waals surface area (Å²) in [4.78, 5) is 11.7. The third-order valence-electron chi connectivity index (χ3n) is 3.32. The van der Waals surface area contributed by atoms with E-state index in [4.69, 9.17) is 5.84 Å². The van der Waals surface area contributed by atoms with Gasteiger partial charge in [-0.1, -0.05) is 18.2 Å². The smallest absolute Gasteiger partial charge is 0.268 e. The second-order valence-corrected chi connectivity index (χ2v) is 4.26. The molecule has 0 atom stereocenters. The van der Waals surface area contributed by atoms with Gasteiger partial charge in [0.15, 0.2) is 0 Å². The van der Waals surface area contributed by atoms with Crippen LogP contribution in [0.2, 0.25) is 0 Å². The van der Waals surface area contributed by atoms with Gasteiger partial charge in [0.2, 0.25) is 0 Å². The number of amides is 1. The number of hydrogen-bond acceptors (Lipinski definition) is 2. The zero-order valence-corrected chi connectivity index (χ0v) is 7.86. The molecule has 1 saturated carbocycles. The molecule has 72 valence electrons. The van der Waals surface area contributed by atoms with Crippen LogP contribution in [0.1, 0.15) is 28.8 Å². The van der Waals surface area contributed by atoms with Crippen LogP contribution in [0.25, 0.3) is 0 Å². The number of hydrazine groups is 1. The molecule has 3 nitrogen and oxygen atoms in total. The lowest BCUT2D eigenvalue weighted by atomic mass is 9.87. The predicted octanol–water partition coefficient (Wildman–Crippen LogP) is 1.05. The molecule has 1 fully saturated rings. The van der Waals surface area contributed by atoms with Gasteiger partial charge in [-0.25, -0.2) is 5.84 Å². The number of carbonyl (C=O) groups excluding carboxylic acids is 1. The van der Waals surface area contributed by atoms with Crippen molar-refractivity contribution in [2.45, 2.75) is 18.3 Å². The van der Waals surface area contributed by atoms with Crippen LogP contribution in [-0.4, -0.2) is 17.5 Å². The number of benzene rings is 1. The first-order valence-electron chi connectivity index (χ1n) is 4.89. The quantitative estimate of drug-likeness (QED) is 0.488. The highest BCUT2D eigenvalue weighted by Crippen LogP contribution is 2.51. The molecule has 1 aromatic rings. The highest BCUT2D eigenvalue weighted by atomic mass is 16.2. The van der Waals surface area contributed by atoms with Crippen molar-refractivity contribution >= 4 is 5.91 Å². The topological polar surface area (TPSA) is 46.3 Å². The summed E-state index contributed by atoms with van der Waals surface area (Å²) in [6, 6.07) is 7.83. The fourth-order valence-electron chi connectivity index (χ4n) is 2.35. The number of rotatable bonds is 0. The number of nitrogens with zero attached hydrogens (tertiary/aromatic N) is 1. The van der Waals surface area contributed by atoms with Gasteiger partial charge >= 0.3 is 0 Å². The Balaban J connectivity index is 2.20. The van der Waals surface area contributed by atoms with Crippen LogP contribution in [-0.2, 0) is 5.41 Å². The standard InChI is InChI=1S/C11H12N2O/c12-13-7-11(5-6-11)9-4-2-1-3-8(9)10(13)14/h1-4H,5-7,12H2. The van der Waals surface area contributed by atoms with Crippen molar-refractivity contribution in [3.8, 4) is 0 Å². The van der Waals surface area contributed by atoms with Crippen molar-refractivity contribution in [1.29, 1.82) is 0 Å². The van der Waals surface area contributed by atoms with Crippen LogP contribution in [0, 0.1) is 0 Å². The summed E-state index contributed by atoms with van der Waals surface area (Å²) in [6.45, 7) is 0.683. The Kier molecular flexibility index (Phi) is 1.35. The first-order chi connectivity index (χ1) is 6.73. The van der Waals surface area contributed by atoms with Gasteiger partial charge in [0.25, 0.3) is 5.91 Å². The summed E-state index contributed by atoms with van der Waals surface area (Å²) >= 11 is 0. The van der Waals surface area contributed by atoms with E-state index in [1.54, 1.807) is 0 Å². The van der Waals surface area contributed by atoms with Crippen molar-refractivity contribution in [3.63, 3.8) is 0 Å². The summed E-state index contributed by atoms with van der Waals surface area (Å²) in [7, 11) is 0. The van der Waals surface area contributed by atoms with E-state index in [2.05, 4.69) is 6.07 Å². The molecule has 3 heteroatoms. The Morgan fingerprint density at radius 2 is 2.00 bits per heavy atom. The SMILES string of the molecule is NN1CC2(CC2)c2ccccc2C1=O. The molecule has 1 spiro atoms. The lowest BCUT2D eigenvalue weighted by Gasteiger charge is -2.31. The van der Waals surface area contributed by atoms with Crippen molar-refractivity contribution in [3.05, 3.63) is 35.4 Å². The second kappa shape index (κ2) is 2.36. The monoisotopic (exact) mass is 188 g/mol. The van der Waals surface area contributed by atoms with Gasteiger partial charge in [0.1, 0.15) is 0 Å². The Bertz CT molecular complexity index is 410. The van der Waals surface area contributed by atoms with Crippen LogP contribution in [0.5, 0.6) is 0 Å². The molecule has 1 aliphatic carbocycles. The molecule has 2 N–H and O–H groups in total. The molecule has 0 unspecified atom stereocenters. The minimum Gasteiger partial charge on any atom is -0.276 e. The van der Waals surface area contributed by atoms with Crippen LogP contribution < -0.4 is 5.84 Å². The number of fused-ring (bicyclic) bond motifs is 2. The number of nitrogens with two attached hydrogens (primary N) is 1. The van der Waals surface area contributed by atoms with E-state index < -0.39 is 0 Å². The summed E-state index contributed by atoms with van der Waals surface area (Å²) in [5, 5.41) is 1.36. The van der Waals surface area contributed by atoms with E-state index in [9.17, 15) is 4.79 Å². The molecule has 0 saturated heterocycles. The van der Waals surface area contributed by atoms with Crippen LogP contribution in [0.15, 0.2) is 24.3 Å². The maximum absolute atomic E-state index is 11.7. The molecule has 14 heavy (non-hydrogen) atoms. The zero-order chi connectivity index (χ0) is 9.76. The van der Waals surface area contributed by atoms with E-state index in [-0.39, 0.29) is 11.3 Å². The number of carbonyl (C=O) groups is 1. The molecule has 3 rings (SSSR count). The van der Waals surface area contributed by atoms with Gasteiger partial charge in [-0.3, -0.25) is 9.80 Å². The lowest BCUT2D eigenvalue weighted by Crippen LogP contribution is -2.47. The summed E-state index contributed by atoms with van der Waals surface area (Å²) in [6.07, 6.45) is 2.32. The molecule has 1 aliphatic heterocycles. The Morgan fingerprint density at radius 3 is 2.71 bits per heavy atom. The first-order valence-corrected chi connectivity index (χ1v) is 4.89. The van der Waals surface area contributed by atoms with Gasteiger partial charge < -0.3 is 0 Å². The fraction of sp³-hybridized carbons (Fsp3) is 0.364. The van der Waals surface area contributed by atoms with Crippen molar-refractivity contribution in [1.82, 2.24) is 5.01 Å². The summed E-state index contributed by atoms with van der Waals surface area (Å²) in [5.74, 6) is 5.65. The average Bonchev–Trinajstić information content (AvgIpc) is 2.96. The Morgan fingerprint density at radius 1 is 1.29 bits per heavy atom. The maximum Gasteiger partial charge on any atom is 0.268 e. The fourth-order valence-corrected chi connectivity index (χ4v) is 2.35. The van der Waals surface area contributed by atoms with E-state index in [0.29, 0.717) is 6.54 Å². The molecule has 2 aliphatic rings. The molecule has 1 heterocycles.